The molecule has 2 heteroatoms. The van der Waals surface area contributed by atoms with Crippen LogP contribution in [0.3, 0.4) is 0 Å². The van der Waals surface area contributed by atoms with Gasteiger partial charge < -0.3 is 10.2 Å². The zero-order chi connectivity index (χ0) is 11.3. The van der Waals surface area contributed by atoms with Gasteiger partial charge in [0.25, 0.3) is 0 Å². The van der Waals surface area contributed by atoms with Crippen LogP contribution in [0.4, 0.5) is 0 Å². The van der Waals surface area contributed by atoms with E-state index in [1.807, 2.05) is 6.08 Å². The predicted octanol–water partition coefficient (Wildman–Crippen LogP) is 2.27. The topological polar surface area (TPSA) is 15.3 Å². The molecule has 1 heterocycles. The molecule has 1 saturated heterocycles. The zero-order valence-electron chi connectivity index (χ0n) is 10.5. The van der Waals surface area contributed by atoms with Crippen molar-refractivity contribution >= 4 is 0 Å². The number of rotatable bonds is 5. The molecule has 0 saturated carbocycles. The number of nitrogens with zero attached hydrogens (tertiary/aromatic N) is 1. The largest absolute Gasteiger partial charge is 0.311 e. The summed E-state index contributed by atoms with van der Waals surface area (Å²) in [4.78, 5) is 2.45. The molecule has 1 fully saturated rings. The lowest BCUT2D eigenvalue weighted by Crippen LogP contribution is -2.45. The van der Waals surface area contributed by atoms with Gasteiger partial charge in [0.05, 0.1) is 0 Å². The Morgan fingerprint density at radius 1 is 1.53 bits per heavy atom. The molecule has 1 aliphatic rings. The van der Waals surface area contributed by atoms with Gasteiger partial charge in [0.2, 0.25) is 0 Å². The molecular weight excluding hydrogens is 184 g/mol. The standard InChI is InChI=1S/C13H26N2/c1-5-7-11(2)14-12(3)13-8-6-9-15(4)10-13/h5,11-14H,1,6-10H2,2-4H3. The fraction of sp³-hybridized carbons (Fsp3) is 0.846. The normalized spacial score (nSPS) is 27.3. The number of likely N-dealkylation sites (tertiary alicyclic amines) is 1. The molecule has 1 aliphatic heterocycles. The SMILES string of the molecule is C=CCC(C)NC(C)C1CCCN(C)C1. The molecule has 0 spiro atoms. The van der Waals surface area contributed by atoms with Crippen LogP contribution in [0.1, 0.15) is 33.1 Å². The molecule has 1 rings (SSSR count). The maximum atomic E-state index is 3.78. The first kappa shape index (κ1) is 12.7. The van der Waals surface area contributed by atoms with Crippen molar-refractivity contribution in [3.63, 3.8) is 0 Å². The summed E-state index contributed by atoms with van der Waals surface area (Å²) in [6, 6.07) is 1.19. The Hall–Kier alpha value is -0.340. The van der Waals surface area contributed by atoms with E-state index in [1.165, 1.54) is 25.9 Å². The van der Waals surface area contributed by atoms with Crippen LogP contribution in [0.15, 0.2) is 12.7 Å². The molecule has 0 aromatic rings. The maximum Gasteiger partial charge on any atom is 0.00818 e. The Labute approximate surface area is 94.7 Å². The molecule has 0 bridgehead atoms. The van der Waals surface area contributed by atoms with E-state index in [-0.39, 0.29) is 0 Å². The molecule has 0 aromatic carbocycles. The molecule has 0 aliphatic carbocycles. The van der Waals surface area contributed by atoms with Crippen molar-refractivity contribution in [2.24, 2.45) is 5.92 Å². The third-order valence-electron chi connectivity index (χ3n) is 3.44. The summed E-state index contributed by atoms with van der Waals surface area (Å²) in [5.41, 5.74) is 0. The summed E-state index contributed by atoms with van der Waals surface area (Å²) in [6.07, 6.45) is 5.78. The first-order valence-corrected chi connectivity index (χ1v) is 6.19. The molecule has 2 nitrogen and oxygen atoms in total. The van der Waals surface area contributed by atoms with Crippen LogP contribution >= 0.6 is 0 Å². The molecule has 0 aromatic heterocycles. The summed E-state index contributed by atoms with van der Waals surface area (Å²) >= 11 is 0. The van der Waals surface area contributed by atoms with Crippen molar-refractivity contribution in [3.8, 4) is 0 Å². The minimum Gasteiger partial charge on any atom is -0.311 e. The average Bonchev–Trinajstić information content (AvgIpc) is 2.18. The van der Waals surface area contributed by atoms with Crippen molar-refractivity contribution in [1.82, 2.24) is 10.2 Å². The molecule has 3 atom stereocenters. The number of nitrogens with one attached hydrogen (secondary N) is 1. The monoisotopic (exact) mass is 210 g/mol. The average molecular weight is 210 g/mol. The fourth-order valence-corrected chi connectivity index (χ4v) is 2.52. The van der Waals surface area contributed by atoms with Crippen LogP contribution < -0.4 is 5.32 Å². The van der Waals surface area contributed by atoms with Gasteiger partial charge in [0, 0.05) is 18.6 Å². The smallest absolute Gasteiger partial charge is 0.00818 e. The van der Waals surface area contributed by atoms with E-state index in [0.29, 0.717) is 12.1 Å². The van der Waals surface area contributed by atoms with Crippen LogP contribution in [0.2, 0.25) is 0 Å². The Bertz CT molecular complexity index is 191. The van der Waals surface area contributed by atoms with Gasteiger partial charge >= 0.3 is 0 Å². The Kier molecular flexibility index (Phi) is 5.34. The van der Waals surface area contributed by atoms with Gasteiger partial charge in [0.15, 0.2) is 0 Å². The molecule has 15 heavy (non-hydrogen) atoms. The van der Waals surface area contributed by atoms with Gasteiger partial charge in [-0.25, -0.2) is 0 Å². The highest BCUT2D eigenvalue weighted by Gasteiger charge is 2.23. The predicted molar refractivity (Wildman–Crippen MR) is 67.1 cm³/mol. The van der Waals surface area contributed by atoms with E-state index in [9.17, 15) is 0 Å². The van der Waals surface area contributed by atoms with Crippen molar-refractivity contribution in [1.29, 1.82) is 0 Å². The Morgan fingerprint density at radius 3 is 2.87 bits per heavy atom. The van der Waals surface area contributed by atoms with E-state index in [1.54, 1.807) is 0 Å². The van der Waals surface area contributed by atoms with E-state index in [4.69, 9.17) is 0 Å². The summed E-state index contributed by atoms with van der Waals surface area (Å²) in [6.45, 7) is 10.9. The van der Waals surface area contributed by atoms with Crippen LogP contribution in [-0.2, 0) is 0 Å². The number of piperidine rings is 1. The Balaban J connectivity index is 2.31. The minimum absolute atomic E-state index is 0.560. The van der Waals surface area contributed by atoms with Gasteiger partial charge in [-0.3, -0.25) is 0 Å². The first-order chi connectivity index (χ1) is 7.13. The second-order valence-corrected chi connectivity index (χ2v) is 5.05. The summed E-state index contributed by atoms with van der Waals surface area (Å²) in [5, 5.41) is 3.67. The van der Waals surface area contributed by atoms with Crippen LogP contribution in [0, 0.1) is 5.92 Å². The summed E-state index contributed by atoms with van der Waals surface area (Å²) < 4.78 is 0. The van der Waals surface area contributed by atoms with E-state index < -0.39 is 0 Å². The second kappa shape index (κ2) is 6.29. The quantitative estimate of drug-likeness (QED) is 0.700. The third-order valence-corrected chi connectivity index (χ3v) is 3.44. The summed E-state index contributed by atoms with van der Waals surface area (Å²) in [5.74, 6) is 0.816. The van der Waals surface area contributed by atoms with Gasteiger partial charge in [-0.15, -0.1) is 6.58 Å². The minimum atomic E-state index is 0.560. The lowest BCUT2D eigenvalue weighted by molar-refractivity contribution is 0.174. The van der Waals surface area contributed by atoms with E-state index in [0.717, 1.165) is 12.3 Å². The first-order valence-electron chi connectivity index (χ1n) is 6.19. The second-order valence-electron chi connectivity index (χ2n) is 5.05. The van der Waals surface area contributed by atoms with E-state index in [2.05, 4.69) is 37.7 Å². The number of hydrogen-bond acceptors (Lipinski definition) is 2. The summed E-state index contributed by atoms with van der Waals surface area (Å²) in [7, 11) is 2.23. The molecule has 0 amide bonds. The van der Waals surface area contributed by atoms with Crippen LogP contribution in [-0.4, -0.2) is 37.1 Å². The van der Waals surface area contributed by atoms with Crippen molar-refractivity contribution in [3.05, 3.63) is 12.7 Å². The van der Waals surface area contributed by atoms with Gasteiger partial charge in [-0.05, 0) is 52.6 Å². The Morgan fingerprint density at radius 2 is 2.27 bits per heavy atom. The van der Waals surface area contributed by atoms with Gasteiger partial charge in [-0.2, -0.15) is 0 Å². The fourth-order valence-electron chi connectivity index (χ4n) is 2.52. The lowest BCUT2D eigenvalue weighted by atomic mass is 9.91. The lowest BCUT2D eigenvalue weighted by Gasteiger charge is -2.35. The van der Waals surface area contributed by atoms with E-state index >= 15 is 0 Å². The molecule has 0 radical (unpaired) electrons. The molecule has 3 unspecified atom stereocenters. The van der Waals surface area contributed by atoms with Gasteiger partial charge in [-0.1, -0.05) is 6.08 Å². The number of hydrogen-bond donors (Lipinski definition) is 1. The highest BCUT2D eigenvalue weighted by Crippen LogP contribution is 2.19. The van der Waals surface area contributed by atoms with Crippen LogP contribution in [0.5, 0.6) is 0 Å². The molecular formula is C13H26N2. The van der Waals surface area contributed by atoms with Crippen molar-refractivity contribution in [2.75, 3.05) is 20.1 Å². The third kappa shape index (κ3) is 4.35. The maximum absolute atomic E-state index is 3.78. The highest BCUT2D eigenvalue weighted by atomic mass is 15.1. The molecule has 88 valence electrons. The molecule has 1 N–H and O–H groups in total. The van der Waals surface area contributed by atoms with Crippen molar-refractivity contribution < 1.29 is 0 Å². The van der Waals surface area contributed by atoms with Crippen LogP contribution in [0.25, 0.3) is 0 Å². The zero-order valence-corrected chi connectivity index (χ0v) is 10.5. The van der Waals surface area contributed by atoms with Gasteiger partial charge in [0.1, 0.15) is 0 Å². The van der Waals surface area contributed by atoms with Crippen molar-refractivity contribution in [2.45, 2.75) is 45.2 Å². The highest BCUT2D eigenvalue weighted by molar-refractivity contribution is 4.83.